The quantitative estimate of drug-likeness (QED) is 0.405. The number of fused-ring (bicyclic) bond motifs is 4. The molecule has 2 heterocycles. The molecule has 3 N–H and O–H groups in total. The zero-order chi connectivity index (χ0) is 28.6. The lowest BCUT2D eigenvalue weighted by Gasteiger charge is -2.34. The molecular weight excluding hydrogens is 538 g/mol. The second kappa shape index (κ2) is 9.93. The third-order valence-electron chi connectivity index (χ3n) is 5.67. The lowest BCUT2D eigenvalue weighted by atomic mass is 9.80. The zero-order valence-corrected chi connectivity index (χ0v) is 19.8. The van der Waals surface area contributed by atoms with Gasteiger partial charge in [-0.2, -0.15) is 13.2 Å². The number of nitrogens with two attached hydrogens (primary N) is 1. The number of amidine groups is 1. The number of carboxylic acid groups (broad SMARTS) is 1. The van der Waals surface area contributed by atoms with E-state index >= 15 is 0 Å². The number of hydrogen-bond acceptors (Lipinski definition) is 7. The van der Waals surface area contributed by atoms with Crippen molar-refractivity contribution >= 4 is 12.0 Å². The van der Waals surface area contributed by atoms with Gasteiger partial charge in [0.2, 0.25) is 0 Å². The minimum absolute atomic E-state index is 0.0608. The van der Waals surface area contributed by atoms with Crippen molar-refractivity contribution in [2.75, 3.05) is 13.7 Å². The van der Waals surface area contributed by atoms with Crippen LogP contribution in [0.4, 0.5) is 26.3 Å². The van der Waals surface area contributed by atoms with Gasteiger partial charge in [-0.3, -0.25) is 0 Å². The number of methoxy groups -OCH3 is 1. The maximum atomic E-state index is 12.5. The second-order valence-corrected chi connectivity index (χ2v) is 8.15. The maximum Gasteiger partial charge on any atom is 0.573 e. The van der Waals surface area contributed by atoms with Crippen LogP contribution in [0.15, 0.2) is 65.7 Å². The van der Waals surface area contributed by atoms with E-state index in [0.29, 0.717) is 22.8 Å². The Labute approximate surface area is 216 Å². The van der Waals surface area contributed by atoms with Crippen molar-refractivity contribution in [2.45, 2.75) is 18.1 Å². The van der Waals surface area contributed by atoms with Gasteiger partial charge in [0.25, 0.3) is 6.02 Å². The summed E-state index contributed by atoms with van der Waals surface area (Å²) in [5, 5.41) is 7.12. The van der Waals surface area contributed by atoms with Gasteiger partial charge in [0.1, 0.15) is 29.6 Å². The van der Waals surface area contributed by atoms with Crippen LogP contribution in [0.3, 0.4) is 0 Å². The summed E-state index contributed by atoms with van der Waals surface area (Å²) in [6.45, 7) is 0.178. The van der Waals surface area contributed by atoms with Gasteiger partial charge in [-0.25, -0.2) is 9.79 Å². The maximum absolute atomic E-state index is 12.5. The second-order valence-electron chi connectivity index (χ2n) is 8.15. The summed E-state index contributed by atoms with van der Waals surface area (Å²) in [5.74, 6) is -1.21. The van der Waals surface area contributed by atoms with Gasteiger partial charge < -0.3 is 29.8 Å². The Bertz CT molecular complexity index is 1420. The predicted molar refractivity (Wildman–Crippen MR) is 124 cm³/mol. The van der Waals surface area contributed by atoms with E-state index < -0.39 is 24.0 Å². The van der Waals surface area contributed by atoms with Crippen molar-refractivity contribution < 1.29 is 55.2 Å². The molecule has 5 rings (SSSR count). The van der Waals surface area contributed by atoms with Crippen LogP contribution in [0.25, 0.3) is 11.1 Å². The third-order valence-corrected chi connectivity index (χ3v) is 5.67. The van der Waals surface area contributed by atoms with Crippen LogP contribution in [0, 0.1) is 0 Å². The molecule has 1 spiro atoms. The van der Waals surface area contributed by atoms with E-state index in [-0.39, 0.29) is 18.4 Å². The number of carboxylic acids is 1. The first-order valence-electron chi connectivity index (χ1n) is 10.9. The Morgan fingerprint density at radius 2 is 1.46 bits per heavy atom. The summed E-state index contributed by atoms with van der Waals surface area (Å²) in [6, 6.07) is 16.6. The molecule has 0 aliphatic carbocycles. The predicted octanol–water partition coefficient (Wildman–Crippen LogP) is 5.59. The number of alkyl halides is 6. The molecule has 3 aromatic carbocycles. The van der Waals surface area contributed by atoms with E-state index in [1.807, 2.05) is 18.2 Å². The molecule has 8 nitrogen and oxygen atoms in total. The number of halogens is 6. The fourth-order valence-electron chi connectivity index (χ4n) is 3.99. The number of aliphatic imine (C=N–C) groups is 1. The smallest absolute Gasteiger partial charge is 0.497 e. The number of benzene rings is 3. The highest BCUT2D eigenvalue weighted by atomic mass is 19.4. The standard InChI is InChI=1S/C23H17F3N2O4.C2HF3O2/c1-29-16-7-9-20-18(11-16)22(12-30-21(27)28-22)17-10-14(4-8-19(17)31-20)13-2-5-15(6-3-13)32-23(24,25)26;3-2(4,5)1(6)7/h2-11H,12H2,1H3,(H2,27,28);(H,6,7). The number of carbonyl (C=O) groups is 1. The van der Waals surface area contributed by atoms with Crippen LogP contribution in [-0.2, 0) is 15.1 Å². The van der Waals surface area contributed by atoms with Crippen LogP contribution in [0.2, 0.25) is 0 Å². The molecule has 0 amide bonds. The summed E-state index contributed by atoms with van der Waals surface area (Å²) in [4.78, 5) is 13.5. The number of rotatable bonds is 3. The highest BCUT2D eigenvalue weighted by Crippen LogP contribution is 2.52. The lowest BCUT2D eigenvalue weighted by molar-refractivity contribution is -0.274. The van der Waals surface area contributed by atoms with Crippen molar-refractivity contribution in [3.05, 3.63) is 71.8 Å². The Morgan fingerprint density at radius 1 is 0.923 bits per heavy atom. The van der Waals surface area contributed by atoms with Gasteiger partial charge in [-0.15, -0.1) is 13.2 Å². The molecule has 0 saturated carbocycles. The van der Waals surface area contributed by atoms with E-state index in [1.54, 1.807) is 37.4 Å². The molecule has 3 aromatic rings. The van der Waals surface area contributed by atoms with E-state index in [4.69, 9.17) is 29.8 Å². The zero-order valence-electron chi connectivity index (χ0n) is 19.8. The van der Waals surface area contributed by atoms with E-state index in [1.165, 1.54) is 12.1 Å². The van der Waals surface area contributed by atoms with Gasteiger partial charge in [0, 0.05) is 11.1 Å². The van der Waals surface area contributed by atoms with Crippen molar-refractivity contribution in [2.24, 2.45) is 10.7 Å². The number of ether oxygens (including phenoxy) is 4. The van der Waals surface area contributed by atoms with Crippen molar-refractivity contribution in [1.29, 1.82) is 0 Å². The van der Waals surface area contributed by atoms with Gasteiger partial charge in [-0.05, 0) is 53.6 Å². The van der Waals surface area contributed by atoms with E-state index in [0.717, 1.165) is 16.7 Å². The fourth-order valence-corrected chi connectivity index (χ4v) is 3.99. The molecule has 14 heteroatoms. The van der Waals surface area contributed by atoms with Crippen molar-refractivity contribution in [1.82, 2.24) is 0 Å². The van der Waals surface area contributed by atoms with Gasteiger partial charge in [0.05, 0.1) is 7.11 Å². The third kappa shape index (κ3) is 5.78. The largest absolute Gasteiger partial charge is 0.573 e. The highest BCUT2D eigenvalue weighted by Gasteiger charge is 2.47. The first-order valence-corrected chi connectivity index (χ1v) is 10.9. The van der Waals surface area contributed by atoms with Gasteiger partial charge in [-0.1, -0.05) is 18.2 Å². The molecule has 0 fully saturated rings. The normalized spacial score (nSPS) is 17.5. The van der Waals surface area contributed by atoms with E-state index in [9.17, 15) is 26.3 Å². The van der Waals surface area contributed by atoms with Crippen LogP contribution in [0.1, 0.15) is 11.1 Å². The van der Waals surface area contributed by atoms with E-state index in [2.05, 4.69) is 9.73 Å². The summed E-state index contributed by atoms with van der Waals surface area (Å²) in [7, 11) is 1.57. The average molecular weight is 556 g/mol. The minimum atomic E-state index is -5.08. The molecule has 206 valence electrons. The minimum Gasteiger partial charge on any atom is -0.497 e. The Hall–Kier alpha value is -4.62. The Kier molecular flexibility index (Phi) is 6.98. The Morgan fingerprint density at radius 3 is 1.97 bits per heavy atom. The average Bonchev–Trinajstić information content (AvgIpc) is 3.25. The molecule has 1 atom stereocenters. The summed E-state index contributed by atoms with van der Waals surface area (Å²) < 4.78 is 90.1. The summed E-state index contributed by atoms with van der Waals surface area (Å²) >= 11 is 0. The van der Waals surface area contributed by atoms with Crippen molar-refractivity contribution in [3.8, 4) is 34.1 Å². The van der Waals surface area contributed by atoms with Crippen LogP contribution < -0.4 is 19.9 Å². The molecule has 0 aromatic heterocycles. The lowest BCUT2D eigenvalue weighted by Crippen LogP contribution is -2.31. The van der Waals surface area contributed by atoms with Crippen molar-refractivity contribution in [3.63, 3.8) is 0 Å². The molecule has 0 bridgehead atoms. The molecule has 0 saturated heterocycles. The van der Waals surface area contributed by atoms with Crippen LogP contribution >= 0.6 is 0 Å². The summed E-state index contributed by atoms with van der Waals surface area (Å²) in [5.41, 5.74) is 7.89. The Balaban J connectivity index is 0.000000448. The fraction of sp³-hybridized carbons (Fsp3) is 0.200. The van der Waals surface area contributed by atoms with Gasteiger partial charge in [0.15, 0.2) is 5.54 Å². The van der Waals surface area contributed by atoms with Gasteiger partial charge >= 0.3 is 18.5 Å². The molecule has 2 aliphatic rings. The van der Waals surface area contributed by atoms with Crippen LogP contribution in [-0.4, -0.2) is 43.4 Å². The molecule has 2 aliphatic heterocycles. The number of nitrogens with zero attached hydrogens (tertiary/aromatic N) is 1. The topological polar surface area (TPSA) is 113 Å². The SMILES string of the molecule is COc1ccc2c(c1)C1(COC(N)=N1)c1cc(-c3ccc(OC(F)(F)F)cc3)ccc1O2.O=C(O)C(F)(F)F. The molecule has 0 radical (unpaired) electrons. The molecule has 39 heavy (non-hydrogen) atoms. The molecular formula is C25H18F6N2O6. The number of aliphatic carboxylic acids is 1. The monoisotopic (exact) mass is 556 g/mol. The highest BCUT2D eigenvalue weighted by molar-refractivity contribution is 5.78. The molecule has 1 unspecified atom stereocenters. The summed E-state index contributed by atoms with van der Waals surface area (Å²) in [6.07, 6.45) is -9.83. The number of hydrogen-bond donors (Lipinski definition) is 2. The first-order chi connectivity index (χ1) is 18.2. The van der Waals surface area contributed by atoms with Crippen LogP contribution in [0.5, 0.6) is 23.0 Å². The first kappa shape index (κ1) is 27.4.